The number of carboxylic acids is 1. The Morgan fingerprint density at radius 3 is 2.37 bits per heavy atom. The molecule has 2 atom stereocenters. The molecule has 1 saturated heterocycles. The number of nitrogens with one attached hydrogen (secondary N) is 1. The molecule has 5 rings (SSSR count). The lowest BCUT2D eigenvalue weighted by molar-refractivity contribution is -0.153. The van der Waals surface area contributed by atoms with Gasteiger partial charge in [-0.1, -0.05) is 78.5 Å². The lowest BCUT2D eigenvalue weighted by Crippen LogP contribution is -2.71. The maximum atomic E-state index is 13.3. The molecule has 1 aromatic heterocycles. The number of aromatic nitrogens is 1. The Labute approximate surface area is 253 Å². The van der Waals surface area contributed by atoms with Crippen LogP contribution in [0.1, 0.15) is 22.9 Å². The summed E-state index contributed by atoms with van der Waals surface area (Å²) in [6.45, 7) is 2.99. The van der Waals surface area contributed by atoms with Crippen molar-refractivity contribution in [3.63, 3.8) is 0 Å². The van der Waals surface area contributed by atoms with Crippen LogP contribution in [-0.4, -0.2) is 68.2 Å². The number of hydrogen-bond donors (Lipinski definition) is 3. The number of ether oxygens (including phenoxy) is 1. The van der Waals surface area contributed by atoms with Gasteiger partial charge in [0.2, 0.25) is 6.61 Å². The van der Waals surface area contributed by atoms with Crippen molar-refractivity contribution in [3.8, 4) is 0 Å². The Bertz CT molecular complexity index is 1580. The molecule has 2 amide bonds. The Balaban J connectivity index is 1.29. The molecule has 1 fully saturated rings. The number of carbonyl (C=O) groups is 4. The Morgan fingerprint density at radius 2 is 1.81 bits per heavy atom. The number of hydrogen-bond acceptors (Lipinski definition) is 11. The molecule has 2 aliphatic heterocycles. The highest BCUT2D eigenvalue weighted by Gasteiger charge is 2.54. The number of esters is 1. The quantitative estimate of drug-likeness (QED) is 0.125. The second-order valence-electron chi connectivity index (χ2n) is 9.22. The molecule has 12 nitrogen and oxygen atoms in total. The molecule has 0 radical (unpaired) electrons. The van der Waals surface area contributed by atoms with Crippen molar-refractivity contribution in [1.82, 2.24) is 15.2 Å². The van der Waals surface area contributed by atoms with Crippen LogP contribution in [0.2, 0.25) is 0 Å². The number of carbonyl (C=O) groups excluding carboxylic acids is 3. The number of nitrogens with two attached hydrogens (primary N) is 1. The summed E-state index contributed by atoms with van der Waals surface area (Å²) in [4.78, 5) is 61.2. The van der Waals surface area contributed by atoms with Gasteiger partial charge >= 0.3 is 11.9 Å². The first-order chi connectivity index (χ1) is 20.8. The van der Waals surface area contributed by atoms with Gasteiger partial charge in [0, 0.05) is 11.1 Å². The van der Waals surface area contributed by atoms with Gasteiger partial charge in [0.1, 0.15) is 22.8 Å². The molecule has 0 aliphatic carbocycles. The number of amides is 2. The van der Waals surface area contributed by atoms with Gasteiger partial charge in [-0.25, -0.2) is 14.6 Å². The first-order valence-corrected chi connectivity index (χ1v) is 14.8. The van der Waals surface area contributed by atoms with E-state index in [0.29, 0.717) is 11.3 Å². The number of fused-ring (bicyclic) bond motifs is 1. The minimum atomic E-state index is -1.26. The van der Waals surface area contributed by atoms with Crippen molar-refractivity contribution in [2.75, 3.05) is 18.1 Å². The van der Waals surface area contributed by atoms with E-state index in [9.17, 15) is 24.3 Å². The Hall–Kier alpha value is -4.95. The first kappa shape index (κ1) is 29.5. The number of anilines is 1. The first-order valence-electron chi connectivity index (χ1n) is 12.8. The second-order valence-corrected chi connectivity index (χ2v) is 11.2. The zero-order valence-corrected chi connectivity index (χ0v) is 24.0. The molecule has 0 saturated carbocycles. The predicted octanol–water partition coefficient (Wildman–Crippen LogP) is 2.70. The third-order valence-corrected chi connectivity index (χ3v) is 8.48. The highest BCUT2D eigenvalue weighted by Crippen LogP contribution is 2.40. The highest BCUT2D eigenvalue weighted by molar-refractivity contribution is 8.00. The Kier molecular flexibility index (Phi) is 8.87. The minimum Gasteiger partial charge on any atom is -0.477 e. The second kappa shape index (κ2) is 12.9. The number of aliphatic carboxylic acids is 1. The molecule has 2 aromatic carbocycles. The molecule has 3 heterocycles. The van der Waals surface area contributed by atoms with Crippen LogP contribution in [0.15, 0.2) is 95.1 Å². The number of β-lactam (4-membered cyclic amide) rings is 1. The van der Waals surface area contributed by atoms with Crippen LogP contribution in [0.4, 0.5) is 5.13 Å². The monoisotopic (exact) mass is 619 g/mol. The molecule has 14 heteroatoms. The smallest absolute Gasteiger partial charge is 0.352 e. The van der Waals surface area contributed by atoms with Crippen molar-refractivity contribution in [1.29, 1.82) is 0 Å². The summed E-state index contributed by atoms with van der Waals surface area (Å²) in [5.41, 5.74) is 7.25. The van der Waals surface area contributed by atoms with Crippen molar-refractivity contribution in [2.24, 2.45) is 5.16 Å². The number of allylic oxidation sites excluding steroid dienone is 1. The van der Waals surface area contributed by atoms with E-state index in [-0.39, 0.29) is 22.2 Å². The van der Waals surface area contributed by atoms with Crippen LogP contribution < -0.4 is 11.1 Å². The average molecular weight is 620 g/mol. The third kappa shape index (κ3) is 6.29. The van der Waals surface area contributed by atoms with Crippen molar-refractivity contribution >= 4 is 57.7 Å². The highest BCUT2D eigenvalue weighted by atomic mass is 32.2. The van der Waals surface area contributed by atoms with Crippen molar-refractivity contribution in [2.45, 2.75) is 17.5 Å². The molecule has 0 spiro atoms. The van der Waals surface area contributed by atoms with E-state index in [1.165, 1.54) is 23.2 Å². The van der Waals surface area contributed by atoms with E-state index in [0.717, 1.165) is 27.4 Å². The largest absolute Gasteiger partial charge is 0.477 e. The summed E-state index contributed by atoms with van der Waals surface area (Å²) in [5.74, 6) is -3.13. The number of oxime groups is 1. The number of rotatable bonds is 11. The van der Waals surface area contributed by atoms with Crippen molar-refractivity contribution < 1.29 is 33.9 Å². The lowest BCUT2D eigenvalue weighted by Gasteiger charge is -2.49. The predicted molar refractivity (Wildman–Crippen MR) is 160 cm³/mol. The van der Waals surface area contributed by atoms with E-state index in [1.54, 1.807) is 0 Å². The molecule has 4 N–H and O–H groups in total. The van der Waals surface area contributed by atoms with E-state index >= 15 is 0 Å². The van der Waals surface area contributed by atoms with E-state index in [2.05, 4.69) is 22.0 Å². The molecular formula is C29H25N5O7S2. The number of benzene rings is 2. The molecule has 3 aromatic rings. The average Bonchev–Trinajstić information content (AvgIpc) is 3.46. The van der Waals surface area contributed by atoms with Gasteiger partial charge < -0.3 is 25.7 Å². The van der Waals surface area contributed by atoms with Gasteiger partial charge in [0.05, 0.1) is 0 Å². The van der Waals surface area contributed by atoms with Crippen LogP contribution in [-0.2, 0) is 28.8 Å². The van der Waals surface area contributed by atoms with E-state index in [4.69, 9.17) is 15.3 Å². The third-order valence-electron chi connectivity index (χ3n) is 6.51. The van der Waals surface area contributed by atoms with Crippen molar-refractivity contribution in [3.05, 3.63) is 107 Å². The van der Waals surface area contributed by atoms with Gasteiger partial charge in [-0.15, -0.1) is 23.1 Å². The Morgan fingerprint density at radius 1 is 1.16 bits per heavy atom. The molecular weight excluding hydrogens is 594 g/mol. The van der Waals surface area contributed by atoms with Gasteiger partial charge in [0.15, 0.2) is 16.9 Å². The summed E-state index contributed by atoms with van der Waals surface area (Å²) in [5, 5.41) is 17.1. The topological polar surface area (TPSA) is 174 Å². The van der Waals surface area contributed by atoms with Crippen LogP contribution in [0.25, 0.3) is 0 Å². The fourth-order valence-electron chi connectivity index (χ4n) is 4.51. The molecule has 220 valence electrons. The van der Waals surface area contributed by atoms with E-state index in [1.807, 2.05) is 60.7 Å². The van der Waals surface area contributed by atoms with Crippen LogP contribution in [0.3, 0.4) is 0 Å². The molecule has 2 aliphatic rings. The summed E-state index contributed by atoms with van der Waals surface area (Å²) in [6.07, 6.45) is 0.698. The summed E-state index contributed by atoms with van der Waals surface area (Å²) >= 11 is 2.34. The summed E-state index contributed by atoms with van der Waals surface area (Å²) < 4.78 is 5.71. The minimum absolute atomic E-state index is 0.0693. The molecule has 0 bridgehead atoms. The summed E-state index contributed by atoms with van der Waals surface area (Å²) in [7, 11) is 0. The maximum Gasteiger partial charge on any atom is 0.352 e. The standard InChI is InChI=1S/C29H25N5O7S2/c1-2-16-14-42-27-22(26(37)34(27)23(16)28(38)39)32-25(36)21(19-15-43-29(30)31-19)33-40-13-20(35)41-24(17-9-5-3-6-10-17)18-11-7-4-8-12-18/h2-12,15,22,24,27H,1,13-14H2,(H2,30,31)(H,32,36)(H,38,39)/b33-21+. The lowest BCUT2D eigenvalue weighted by atomic mass is 10.0. The zero-order valence-electron chi connectivity index (χ0n) is 22.4. The van der Waals surface area contributed by atoms with E-state index < -0.39 is 47.9 Å². The molecule has 43 heavy (non-hydrogen) atoms. The van der Waals surface area contributed by atoms with Gasteiger partial charge in [-0.2, -0.15) is 0 Å². The fourth-order valence-corrected chi connectivity index (χ4v) is 6.40. The van der Waals surface area contributed by atoms with Gasteiger partial charge in [-0.05, 0) is 16.7 Å². The fraction of sp³-hybridized carbons (Fsp3) is 0.172. The number of thiazole rings is 1. The number of nitrogen functional groups attached to an aromatic ring is 1. The maximum absolute atomic E-state index is 13.3. The molecule has 2 unspecified atom stereocenters. The van der Waals surface area contributed by atoms with Gasteiger partial charge in [-0.3, -0.25) is 14.5 Å². The number of carboxylic acid groups (broad SMARTS) is 1. The van der Waals surface area contributed by atoms with Gasteiger partial charge in [0.25, 0.3) is 11.8 Å². The van der Waals surface area contributed by atoms with Crippen LogP contribution in [0, 0.1) is 0 Å². The van der Waals surface area contributed by atoms with Crippen LogP contribution >= 0.6 is 23.1 Å². The SMILES string of the molecule is C=CC1=C(C(=O)O)N2C(=O)C(NC(=O)/C(=N/OCC(=O)OC(c3ccccc3)c3ccccc3)c3csc(N)n3)C2SC1. The number of nitrogens with zero attached hydrogens (tertiary/aromatic N) is 3. The normalized spacial score (nSPS) is 18.0. The summed E-state index contributed by atoms with van der Waals surface area (Å²) in [6, 6.07) is 17.3. The van der Waals surface area contributed by atoms with Crippen LogP contribution in [0.5, 0.6) is 0 Å². The zero-order chi connectivity index (χ0) is 30.5. The number of thioether (sulfide) groups is 1.